The lowest BCUT2D eigenvalue weighted by atomic mass is 10.1. The van der Waals surface area contributed by atoms with Crippen LogP contribution in [-0.4, -0.2) is 41.1 Å². The van der Waals surface area contributed by atoms with E-state index in [0.717, 1.165) is 17.0 Å². The fraction of sp³-hybridized carbons (Fsp3) is 0.158. The predicted molar refractivity (Wildman–Crippen MR) is 88.1 cm³/mol. The van der Waals surface area contributed by atoms with E-state index in [1.165, 1.54) is 19.1 Å². The largest absolute Gasteiger partial charge is 0.456 e. The second-order valence-corrected chi connectivity index (χ2v) is 5.86. The number of amides is 2. The summed E-state index contributed by atoms with van der Waals surface area (Å²) in [5.41, 5.74) is -0.226. The maximum absolute atomic E-state index is 13.6. The molecule has 8 heteroatoms. The summed E-state index contributed by atoms with van der Waals surface area (Å²) < 4.78 is 31.5. The Bertz CT molecular complexity index is 937. The van der Waals surface area contributed by atoms with Gasteiger partial charge < -0.3 is 4.74 Å². The van der Waals surface area contributed by atoms with Crippen molar-refractivity contribution in [1.82, 2.24) is 4.90 Å². The van der Waals surface area contributed by atoms with E-state index in [4.69, 9.17) is 4.74 Å². The van der Waals surface area contributed by atoms with Gasteiger partial charge in [0.25, 0.3) is 11.8 Å². The van der Waals surface area contributed by atoms with Crippen LogP contribution in [0.1, 0.15) is 38.0 Å². The number of nitrogens with zero attached hydrogens (tertiary/aromatic N) is 1. The molecular weight excluding hydrogens is 360 g/mol. The van der Waals surface area contributed by atoms with Crippen LogP contribution in [0.4, 0.5) is 8.78 Å². The van der Waals surface area contributed by atoms with Gasteiger partial charge in [0.15, 0.2) is 6.61 Å². The van der Waals surface area contributed by atoms with Crippen molar-refractivity contribution in [2.45, 2.75) is 13.0 Å². The van der Waals surface area contributed by atoms with Crippen LogP contribution in [0.3, 0.4) is 0 Å². The molecule has 1 heterocycles. The fourth-order valence-electron chi connectivity index (χ4n) is 2.71. The normalized spacial score (nSPS) is 14.1. The second-order valence-electron chi connectivity index (χ2n) is 5.86. The van der Waals surface area contributed by atoms with Gasteiger partial charge in [0.05, 0.1) is 16.7 Å². The van der Waals surface area contributed by atoms with Crippen molar-refractivity contribution in [2.75, 3.05) is 6.61 Å². The van der Waals surface area contributed by atoms with E-state index in [1.807, 2.05) is 0 Å². The van der Waals surface area contributed by atoms with E-state index in [-0.39, 0.29) is 11.1 Å². The highest BCUT2D eigenvalue weighted by Crippen LogP contribution is 2.24. The van der Waals surface area contributed by atoms with Gasteiger partial charge in [-0.15, -0.1) is 0 Å². The Morgan fingerprint density at radius 1 is 1.04 bits per heavy atom. The smallest absolute Gasteiger partial charge is 0.329 e. The highest BCUT2D eigenvalue weighted by molar-refractivity contribution is 6.22. The van der Waals surface area contributed by atoms with Gasteiger partial charge in [-0.2, -0.15) is 0 Å². The van der Waals surface area contributed by atoms with E-state index in [2.05, 4.69) is 0 Å². The number of halogens is 2. The van der Waals surface area contributed by atoms with E-state index in [0.29, 0.717) is 6.07 Å². The van der Waals surface area contributed by atoms with Gasteiger partial charge in [0, 0.05) is 0 Å². The van der Waals surface area contributed by atoms with Crippen molar-refractivity contribution >= 4 is 23.6 Å². The maximum Gasteiger partial charge on any atom is 0.329 e. The Morgan fingerprint density at radius 3 is 2.22 bits per heavy atom. The standard InChI is InChI=1S/C19H13F2NO5/c1-10(22-17(24)12-4-2-3-5-13(12)18(22)25)19(26)27-9-16(23)14-8-11(20)6-7-15(14)21/h2-8,10H,9H2,1H3/t10-/m0/s1. The first-order valence-corrected chi connectivity index (χ1v) is 7.93. The van der Waals surface area contributed by atoms with E-state index in [1.54, 1.807) is 12.1 Å². The number of benzene rings is 2. The number of imide groups is 1. The lowest BCUT2D eigenvalue weighted by Gasteiger charge is -2.20. The van der Waals surface area contributed by atoms with Crippen LogP contribution < -0.4 is 0 Å². The summed E-state index contributed by atoms with van der Waals surface area (Å²) in [5.74, 6) is -5.04. The van der Waals surface area contributed by atoms with Crippen molar-refractivity contribution in [2.24, 2.45) is 0 Å². The lowest BCUT2D eigenvalue weighted by Crippen LogP contribution is -2.44. The number of hydrogen-bond donors (Lipinski definition) is 0. The van der Waals surface area contributed by atoms with Crippen LogP contribution in [0.15, 0.2) is 42.5 Å². The molecule has 0 spiro atoms. The third-order valence-corrected chi connectivity index (χ3v) is 4.13. The molecule has 2 aromatic carbocycles. The van der Waals surface area contributed by atoms with Gasteiger partial charge >= 0.3 is 5.97 Å². The number of fused-ring (bicyclic) bond motifs is 1. The molecule has 3 rings (SSSR count). The SMILES string of the molecule is C[C@@H](C(=O)OCC(=O)c1cc(F)ccc1F)N1C(=O)c2ccccc2C1=O. The average Bonchev–Trinajstić information content (AvgIpc) is 2.92. The predicted octanol–water partition coefficient (Wildman–Crippen LogP) is 2.38. The van der Waals surface area contributed by atoms with Crippen LogP contribution in [0.2, 0.25) is 0 Å². The summed E-state index contributed by atoms with van der Waals surface area (Å²) in [7, 11) is 0. The molecule has 2 aromatic rings. The molecule has 0 bridgehead atoms. The molecule has 138 valence electrons. The lowest BCUT2D eigenvalue weighted by molar-refractivity contribution is -0.146. The average molecular weight is 373 g/mol. The molecule has 0 fully saturated rings. The monoisotopic (exact) mass is 373 g/mol. The Labute approximate surface area is 152 Å². The van der Waals surface area contributed by atoms with Crippen molar-refractivity contribution in [3.63, 3.8) is 0 Å². The van der Waals surface area contributed by atoms with Crippen LogP contribution in [0, 0.1) is 11.6 Å². The van der Waals surface area contributed by atoms with Crippen molar-refractivity contribution in [3.8, 4) is 0 Å². The fourth-order valence-corrected chi connectivity index (χ4v) is 2.71. The summed E-state index contributed by atoms with van der Waals surface area (Å²) in [6, 6.07) is 7.13. The minimum Gasteiger partial charge on any atom is -0.456 e. The van der Waals surface area contributed by atoms with Gasteiger partial charge in [-0.05, 0) is 37.3 Å². The number of ether oxygens (including phenoxy) is 1. The summed E-state index contributed by atoms with van der Waals surface area (Å²) in [5, 5.41) is 0. The topological polar surface area (TPSA) is 80.8 Å². The molecule has 0 N–H and O–H groups in total. The maximum atomic E-state index is 13.6. The molecule has 1 atom stereocenters. The van der Waals surface area contributed by atoms with Crippen LogP contribution >= 0.6 is 0 Å². The molecule has 0 unspecified atom stereocenters. The molecule has 0 aromatic heterocycles. The number of carbonyl (C=O) groups excluding carboxylic acids is 4. The Morgan fingerprint density at radius 2 is 1.63 bits per heavy atom. The number of carbonyl (C=O) groups is 4. The molecule has 27 heavy (non-hydrogen) atoms. The van der Waals surface area contributed by atoms with Crippen molar-refractivity contribution in [1.29, 1.82) is 0 Å². The summed E-state index contributed by atoms with van der Waals surface area (Å²) in [4.78, 5) is 49.5. The highest BCUT2D eigenvalue weighted by Gasteiger charge is 2.41. The number of hydrogen-bond acceptors (Lipinski definition) is 5. The van der Waals surface area contributed by atoms with Gasteiger partial charge in [-0.3, -0.25) is 19.3 Å². The zero-order valence-electron chi connectivity index (χ0n) is 14.1. The molecule has 1 aliphatic heterocycles. The number of Topliss-reactive ketones (excluding diaryl/α,β-unsaturated/α-hetero) is 1. The molecular formula is C19H13F2NO5. The molecule has 0 aliphatic carbocycles. The Balaban J connectivity index is 1.68. The molecule has 1 aliphatic rings. The van der Waals surface area contributed by atoms with Gasteiger partial charge in [-0.1, -0.05) is 12.1 Å². The molecule has 6 nitrogen and oxygen atoms in total. The first kappa shape index (κ1) is 18.4. The minimum atomic E-state index is -1.29. The second kappa shape index (κ2) is 7.06. The summed E-state index contributed by atoms with van der Waals surface area (Å²) in [6.45, 7) is 0.421. The van der Waals surface area contributed by atoms with Crippen molar-refractivity contribution < 1.29 is 32.7 Å². The zero-order chi connectivity index (χ0) is 19.7. The van der Waals surface area contributed by atoms with Gasteiger partial charge in [0.1, 0.15) is 17.7 Å². The third kappa shape index (κ3) is 3.33. The summed E-state index contributed by atoms with van der Waals surface area (Å²) >= 11 is 0. The first-order valence-electron chi connectivity index (χ1n) is 7.93. The van der Waals surface area contributed by atoms with Gasteiger partial charge in [0.2, 0.25) is 5.78 Å². The summed E-state index contributed by atoms with van der Waals surface area (Å²) in [6.07, 6.45) is 0. The van der Waals surface area contributed by atoms with Crippen molar-refractivity contribution in [3.05, 3.63) is 70.8 Å². The molecule has 0 saturated carbocycles. The number of esters is 1. The third-order valence-electron chi connectivity index (χ3n) is 4.13. The number of ketones is 1. The zero-order valence-corrected chi connectivity index (χ0v) is 14.1. The van der Waals surface area contributed by atoms with E-state index >= 15 is 0 Å². The molecule has 2 amide bonds. The van der Waals surface area contributed by atoms with Crippen LogP contribution in [0.25, 0.3) is 0 Å². The molecule has 0 radical (unpaired) electrons. The number of rotatable bonds is 5. The Hall–Kier alpha value is -3.42. The quantitative estimate of drug-likeness (QED) is 0.457. The molecule has 0 saturated heterocycles. The van der Waals surface area contributed by atoms with Crippen LogP contribution in [0.5, 0.6) is 0 Å². The van der Waals surface area contributed by atoms with Gasteiger partial charge in [-0.25, -0.2) is 13.6 Å². The highest BCUT2D eigenvalue weighted by atomic mass is 19.1. The van der Waals surface area contributed by atoms with E-state index < -0.39 is 53.4 Å². The van der Waals surface area contributed by atoms with Crippen LogP contribution in [-0.2, 0) is 9.53 Å². The Kier molecular flexibility index (Phi) is 4.81. The van der Waals surface area contributed by atoms with E-state index in [9.17, 15) is 28.0 Å². The minimum absolute atomic E-state index is 0.167. The first-order chi connectivity index (χ1) is 12.8.